The van der Waals surface area contributed by atoms with Crippen molar-refractivity contribution in [2.24, 2.45) is 0 Å². The second kappa shape index (κ2) is 4.66. The van der Waals surface area contributed by atoms with E-state index in [1.807, 2.05) is 19.1 Å². The standard InChI is InChI=1S/C13H16O3/c1-9(5-13(14)15)10-3-2-4-11(6-10)12-7-16-8-12/h2-4,6,9,12H,5,7-8H2,1H3,(H,14,15). The van der Waals surface area contributed by atoms with Crippen LogP contribution in [0, 0.1) is 0 Å². The predicted molar refractivity (Wildman–Crippen MR) is 60.7 cm³/mol. The average molecular weight is 220 g/mol. The first-order valence-electron chi connectivity index (χ1n) is 5.56. The highest BCUT2D eigenvalue weighted by molar-refractivity contribution is 5.68. The molecule has 2 rings (SSSR count). The van der Waals surface area contributed by atoms with Gasteiger partial charge < -0.3 is 9.84 Å². The number of carboxylic acids is 1. The summed E-state index contributed by atoms with van der Waals surface area (Å²) in [5.74, 6) is -0.180. The van der Waals surface area contributed by atoms with Crippen molar-refractivity contribution in [3.8, 4) is 0 Å². The van der Waals surface area contributed by atoms with Gasteiger partial charge in [-0.2, -0.15) is 0 Å². The molecule has 1 unspecified atom stereocenters. The highest BCUT2D eigenvalue weighted by atomic mass is 16.5. The largest absolute Gasteiger partial charge is 0.481 e. The average Bonchev–Trinajstić information content (AvgIpc) is 2.14. The molecule has 0 amide bonds. The lowest BCUT2D eigenvalue weighted by molar-refractivity contribution is -0.137. The SMILES string of the molecule is CC(CC(=O)O)c1cccc(C2COC2)c1. The number of carboxylic acid groups (broad SMARTS) is 1. The Morgan fingerprint density at radius 3 is 2.88 bits per heavy atom. The molecular formula is C13H16O3. The summed E-state index contributed by atoms with van der Waals surface area (Å²) in [4.78, 5) is 10.6. The van der Waals surface area contributed by atoms with E-state index in [1.165, 1.54) is 5.56 Å². The van der Waals surface area contributed by atoms with Gasteiger partial charge in [0, 0.05) is 5.92 Å². The van der Waals surface area contributed by atoms with E-state index in [-0.39, 0.29) is 12.3 Å². The lowest BCUT2D eigenvalue weighted by atomic mass is 9.91. The molecule has 1 aromatic rings. The summed E-state index contributed by atoms with van der Waals surface area (Å²) < 4.78 is 5.16. The molecule has 1 heterocycles. The molecular weight excluding hydrogens is 204 g/mol. The number of benzene rings is 1. The summed E-state index contributed by atoms with van der Waals surface area (Å²) in [6.45, 7) is 3.53. The predicted octanol–water partition coefficient (Wildman–Crippen LogP) is 2.38. The smallest absolute Gasteiger partial charge is 0.303 e. The van der Waals surface area contributed by atoms with Crippen LogP contribution in [-0.4, -0.2) is 24.3 Å². The zero-order chi connectivity index (χ0) is 11.5. The molecule has 0 saturated carbocycles. The third kappa shape index (κ3) is 2.42. The minimum Gasteiger partial charge on any atom is -0.481 e. The number of hydrogen-bond donors (Lipinski definition) is 1. The molecule has 3 heteroatoms. The fourth-order valence-corrected chi connectivity index (χ4v) is 1.93. The topological polar surface area (TPSA) is 46.5 Å². The normalized spacial score (nSPS) is 17.8. The van der Waals surface area contributed by atoms with E-state index in [9.17, 15) is 4.79 Å². The van der Waals surface area contributed by atoms with E-state index < -0.39 is 5.97 Å². The molecule has 0 aromatic heterocycles. The van der Waals surface area contributed by atoms with Crippen LogP contribution in [0.15, 0.2) is 24.3 Å². The zero-order valence-corrected chi connectivity index (χ0v) is 9.35. The van der Waals surface area contributed by atoms with E-state index in [2.05, 4.69) is 12.1 Å². The summed E-state index contributed by atoms with van der Waals surface area (Å²) in [6, 6.07) is 8.20. The van der Waals surface area contributed by atoms with Crippen molar-refractivity contribution in [2.45, 2.75) is 25.2 Å². The van der Waals surface area contributed by atoms with Crippen molar-refractivity contribution >= 4 is 5.97 Å². The van der Waals surface area contributed by atoms with E-state index in [0.29, 0.717) is 5.92 Å². The van der Waals surface area contributed by atoms with Gasteiger partial charge in [0.05, 0.1) is 19.6 Å². The summed E-state index contributed by atoms with van der Waals surface area (Å²) in [7, 11) is 0. The van der Waals surface area contributed by atoms with E-state index >= 15 is 0 Å². The summed E-state index contributed by atoms with van der Waals surface area (Å²) >= 11 is 0. The van der Waals surface area contributed by atoms with Crippen LogP contribution in [0.2, 0.25) is 0 Å². The Kier molecular flexibility index (Phi) is 3.25. The Bertz CT molecular complexity index is 383. The van der Waals surface area contributed by atoms with Crippen LogP contribution in [0.25, 0.3) is 0 Å². The van der Waals surface area contributed by atoms with Gasteiger partial charge in [-0.3, -0.25) is 4.79 Å². The van der Waals surface area contributed by atoms with Gasteiger partial charge in [-0.15, -0.1) is 0 Å². The molecule has 3 nitrogen and oxygen atoms in total. The van der Waals surface area contributed by atoms with Crippen molar-refractivity contribution in [1.29, 1.82) is 0 Å². The second-order valence-corrected chi connectivity index (χ2v) is 4.40. The molecule has 86 valence electrons. The first-order valence-corrected chi connectivity index (χ1v) is 5.56. The maximum Gasteiger partial charge on any atom is 0.303 e. The van der Waals surface area contributed by atoms with E-state index in [4.69, 9.17) is 9.84 Å². The minimum absolute atomic E-state index is 0.0680. The van der Waals surface area contributed by atoms with Gasteiger partial charge in [-0.25, -0.2) is 0 Å². The van der Waals surface area contributed by atoms with Gasteiger partial charge in [0.2, 0.25) is 0 Å². The lowest BCUT2D eigenvalue weighted by Crippen LogP contribution is -2.25. The van der Waals surface area contributed by atoms with Crippen molar-refractivity contribution in [3.63, 3.8) is 0 Å². The lowest BCUT2D eigenvalue weighted by Gasteiger charge is -2.27. The molecule has 1 aromatic carbocycles. The highest BCUT2D eigenvalue weighted by Gasteiger charge is 2.21. The first kappa shape index (κ1) is 11.1. The number of hydrogen-bond acceptors (Lipinski definition) is 2. The van der Waals surface area contributed by atoms with Crippen LogP contribution in [0.3, 0.4) is 0 Å². The maximum atomic E-state index is 10.6. The van der Waals surface area contributed by atoms with E-state index in [1.54, 1.807) is 0 Å². The van der Waals surface area contributed by atoms with Crippen molar-refractivity contribution in [3.05, 3.63) is 35.4 Å². The second-order valence-electron chi connectivity index (χ2n) is 4.40. The molecule has 0 radical (unpaired) electrons. The van der Waals surface area contributed by atoms with Crippen LogP contribution in [-0.2, 0) is 9.53 Å². The molecule has 16 heavy (non-hydrogen) atoms. The fourth-order valence-electron chi connectivity index (χ4n) is 1.93. The van der Waals surface area contributed by atoms with Gasteiger partial charge in [-0.1, -0.05) is 31.2 Å². The fraction of sp³-hybridized carbons (Fsp3) is 0.462. The van der Waals surface area contributed by atoms with Crippen LogP contribution in [0.5, 0.6) is 0 Å². The van der Waals surface area contributed by atoms with Gasteiger partial charge in [-0.05, 0) is 17.0 Å². The number of ether oxygens (including phenoxy) is 1. The van der Waals surface area contributed by atoms with Crippen molar-refractivity contribution in [2.75, 3.05) is 13.2 Å². The maximum absolute atomic E-state index is 10.6. The minimum atomic E-state index is -0.745. The zero-order valence-electron chi connectivity index (χ0n) is 9.35. The number of rotatable bonds is 4. The Balaban J connectivity index is 2.11. The molecule has 1 fully saturated rings. The Labute approximate surface area is 95.0 Å². The molecule has 0 bridgehead atoms. The van der Waals surface area contributed by atoms with E-state index in [0.717, 1.165) is 18.8 Å². The Hall–Kier alpha value is -1.35. The monoisotopic (exact) mass is 220 g/mol. The third-order valence-corrected chi connectivity index (χ3v) is 3.07. The van der Waals surface area contributed by atoms with Crippen molar-refractivity contribution in [1.82, 2.24) is 0 Å². The Morgan fingerprint density at radius 2 is 2.31 bits per heavy atom. The van der Waals surface area contributed by atoms with Gasteiger partial charge in [0.15, 0.2) is 0 Å². The molecule has 1 aliphatic rings. The summed E-state index contributed by atoms with van der Waals surface area (Å²) in [6.07, 6.45) is 0.185. The van der Waals surface area contributed by atoms with Crippen LogP contribution in [0.4, 0.5) is 0 Å². The first-order chi connectivity index (χ1) is 7.66. The molecule has 0 spiro atoms. The molecule has 1 saturated heterocycles. The van der Waals surface area contributed by atoms with Crippen LogP contribution >= 0.6 is 0 Å². The van der Waals surface area contributed by atoms with Gasteiger partial charge in [0.1, 0.15) is 0 Å². The van der Waals surface area contributed by atoms with Crippen LogP contribution < -0.4 is 0 Å². The summed E-state index contributed by atoms with van der Waals surface area (Å²) in [5, 5.41) is 8.76. The van der Waals surface area contributed by atoms with Crippen molar-refractivity contribution < 1.29 is 14.6 Å². The molecule has 1 atom stereocenters. The molecule has 1 N–H and O–H groups in total. The van der Waals surface area contributed by atoms with Crippen LogP contribution in [0.1, 0.15) is 36.3 Å². The molecule has 1 aliphatic heterocycles. The summed E-state index contributed by atoms with van der Waals surface area (Å²) in [5.41, 5.74) is 2.37. The van der Waals surface area contributed by atoms with Gasteiger partial charge >= 0.3 is 5.97 Å². The number of aliphatic carboxylic acids is 1. The quantitative estimate of drug-likeness (QED) is 0.847. The molecule has 0 aliphatic carbocycles. The number of carbonyl (C=O) groups is 1. The highest BCUT2D eigenvalue weighted by Crippen LogP contribution is 2.27. The Morgan fingerprint density at radius 1 is 1.56 bits per heavy atom. The third-order valence-electron chi connectivity index (χ3n) is 3.07. The van der Waals surface area contributed by atoms with Gasteiger partial charge in [0.25, 0.3) is 0 Å².